The molecule has 184 valence electrons. The minimum atomic E-state index is -4.95. The maximum absolute atomic E-state index is 14.2. The van der Waals surface area contributed by atoms with E-state index >= 15 is 0 Å². The Morgan fingerprint density at radius 1 is 0.943 bits per heavy atom. The first-order chi connectivity index (χ1) is 16.3. The fourth-order valence-corrected chi connectivity index (χ4v) is 6.79. The number of fused-ring (bicyclic) bond motifs is 2. The molecule has 0 saturated carbocycles. The van der Waals surface area contributed by atoms with Gasteiger partial charge in [0.25, 0.3) is 0 Å². The highest BCUT2D eigenvalue weighted by atomic mass is 127. The van der Waals surface area contributed by atoms with Crippen LogP contribution >= 0.6 is 22.6 Å². The molecule has 0 bridgehead atoms. The van der Waals surface area contributed by atoms with Gasteiger partial charge in [-0.05, 0) is 72.7 Å². The van der Waals surface area contributed by atoms with Crippen LogP contribution in [0.25, 0.3) is 21.8 Å². The maximum atomic E-state index is 14.2. The Bertz CT molecular complexity index is 1520. The van der Waals surface area contributed by atoms with Gasteiger partial charge in [0.15, 0.2) is 0 Å². The summed E-state index contributed by atoms with van der Waals surface area (Å²) in [4.78, 5) is 4.37. The SMILES string of the molecule is Cc1cc(C)c(S(=O)(=O)NC(I)(COc2cccc3cc4ccccc4nc23)C(F)(F)F)c(C)c1. The molecule has 5 nitrogen and oxygen atoms in total. The number of halogens is 4. The average Bonchev–Trinajstić information content (AvgIpc) is 2.74. The van der Waals surface area contributed by atoms with E-state index in [1.54, 1.807) is 51.1 Å². The third kappa shape index (κ3) is 5.10. The Morgan fingerprint density at radius 2 is 1.57 bits per heavy atom. The lowest BCUT2D eigenvalue weighted by molar-refractivity contribution is -0.163. The fourth-order valence-electron chi connectivity index (χ4n) is 4.09. The lowest BCUT2D eigenvalue weighted by Gasteiger charge is -2.31. The normalized spacial score (nSPS) is 14.3. The third-order valence-corrected chi connectivity index (χ3v) is 8.91. The van der Waals surface area contributed by atoms with E-state index in [-0.39, 0.29) is 10.6 Å². The van der Waals surface area contributed by atoms with Crippen LogP contribution in [0, 0.1) is 20.8 Å². The van der Waals surface area contributed by atoms with Gasteiger partial charge in [0.2, 0.25) is 13.6 Å². The van der Waals surface area contributed by atoms with Gasteiger partial charge in [0.05, 0.1) is 10.4 Å². The number of sulfonamides is 1. The molecule has 10 heteroatoms. The Morgan fingerprint density at radius 3 is 2.23 bits per heavy atom. The molecule has 0 radical (unpaired) electrons. The lowest BCUT2D eigenvalue weighted by atomic mass is 10.1. The summed E-state index contributed by atoms with van der Waals surface area (Å²) in [7, 11) is -4.53. The minimum absolute atomic E-state index is 0.125. The Labute approximate surface area is 214 Å². The van der Waals surface area contributed by atoms with Crippen molar-refractivity contribution in [2.45, 2.75) is 35.4 Å². The molecule has 1 atom stereocenters. The summed E-state index contributed by atoms with van der Waals surface area (Å²) in [6, 6.07) is 17.4. The number of aromatic nitrogens is 1. The maximum Gasteiger partial charge on any atom is 0.420 e. The van der Waals surface area contributed by atoms with E-state index in [0.717, 1.165) is 33.5 Å². The van der Waals surface area contributed by atoms with Gasteiger partial charge in [-0.25, -0.2) is 13.4 Å². The molecular formula is C25H22F3IN2O3S. The number of benzene rings is 3. The minimum Gasteiger partial charge on any atom is -0.488 e. The molecule has 1 aromatic heterocycles. The topological polar surface area (TPSA) is 68.3 Å². The van der Waals surface area contributed by atoms with Gasteiger partial charge in [0.1, 0.15) is 17.9 Å². The van der Waals surface area contributed by atoms with Crippen LogP contribution in [0.15, 0.2) is 65.6 Å². The quantitative estimate of drug-likeness (QED) is 0.119. The molecule has 1 unspecified atom stereocenters. The van der Waals surface area contributed by atoms with Crippen molar-refractivity contribution in [2.75, 3.05) is 6.61 Å². The number of aryl methyl sites for hydroxylation is 3. The highest BCUT2D eigenvalue weighted by Gasteiger charge is 2.56. The smallest absolute Gasteiger partial charge is 0.420 e. The van der Waals surface area contributed by atoms with Gasteiger partial charge < -0.3 is 4.74 Å². The second-order valence-electron chi connectivity index (χ2n) is 8.43. The highest BCUT2D eigenvalue weighted by Crippen LogP contribution is 2.39. The van der Waals surface area contributed by atoms with E-state index in [0.29, 0.717) is 27.5 Å². The molecule has 35 heavy (non-hydrogen) atoms. The molecule has 0 saturated heterocycles. The summed E-state index contributed by atoms with van der Waals surface area (Å²) in [6.07, 6.45) is -4.95. The van der Waals surface area contributed by atoms with Crippen LogP contribution in [-0.4, -0.2) is 29.7 Å². The first-order valence-electron chi connectivity index (χ1n) is 10.6. The van der Waals surface area contributed by atoms with E-state index in [2.05, 4.69) is 4.98 Å². The van der Waals surface area contributed by atoms with Crippen LogP contribution < -0.4 is 9.46 Å². The number of nitrogens with zero attached hydrogens (tertiary/aromatic N) is 1. The number of pyridine rings is 1. The van der Waals surface area contributed by atoms with Crippen LogP contribution in [0.1, 0.15) is 16.7 Å². The lowest BCUT2D eigenvalue weighted by Crippen LogP contribution is -2.57. The molecule has 4 rings (SSSR count). The molecule has 4 aromatic rings. The predicted molar refractivity (Wildman–Crippen MR) is 139 cm³/mol. The first kappa shape index (κ1) is 25.6. The van der Waals surface area contributed by atoms with Gasteiger partial charge in [-0.3, -0.25) is 0 Å². The number of alkyl halides is 4. The summed E-state index contributed by atoms with van der Waals surface area (Å²) in [5, 5.41) is 1.58. The molecule has 0 aliphatic heterocycles. The average molecular weight is 614 g/mol. The Kier molecular flexibility index (Phi) is 6.75. The second-order valence-corrected chi connectivity index (χ2v) is 11.9. The zero-order valence-electron chi connectivity index (χ0n) is 19.1. The van der Waals surface area contributed by atoms with Crippen molar-refractivity contribution in [3.63, 3.8) is 0 Å². The van der Waals surface area contributed by atoms with Crippen molar-refractivity contribution < 1.29 is 26.3 Å². The number of hydrogen-bond donors (Lipinski definition) is 1. The van der Waals surface area contributed by atoms with Crippen LogP contribution in [-0.2, 0) is 10.0 Å². The number of hydrogen-bond acceptors (Lipinski definition) is 4. The van der Waals surface area contributed by atoms with Gasteiger partial charge in [-0.1, -0.05) is 48.0 Å². The third-order valence-electron chi connectivity index (χ3n) is 5.56. The predicted octanol–water partition coefficient (Wildman–Crippen LogP) is 6.36. The van der Waals surface area contributed by atoms with Crippen molar-refractivity contribution in [3.05, 3.63) is 77.4 Å². The Balaban J connectivity index is 1.70. The summed E-state index contributed by atoms with van der Waals surface area (Å²) in [5.74, 6) is 0.125. The standard InChI is InChI=1S/C25H22F3IN2O3S/c1-15-11-16(2)23(17(3)12-15)35(32,33)31-24(29,25(26,27)28)14-34-21-10-6-8-19-13-18-7-4-5-9-20(18)30-22(19)21/h4-13,31H,14H2,1-3H3. The van der Waals surface area contributed by atoms with Crippen LogP contribution in [0.2, 0.25) is 0 Å². The van der Waals surface area contributed by atoms with Gasteiger partial charge >= 0.3 is 6.18 Å². The molecule has 0 amide bonds. The molecule has 3 aromatic carbocycles. The van der Waals surface area contributed by atoms with E-state index in [1.165, 1.54) is 6.07 Å². The van der Waals surface area contributed by atoms with Crippen LogP contribution in [0.3, 0.4) is 0 Å². The second kappa shape index (κ2) is 9.21. The van der Waals surface area contributed by atoms with E-state index in [1.807, 2.05) is 29.0 Å². The van der Waals surface area contributed by atoms with Crippen molar-refractivity contribution in [1.82, 2.24) is 9.71 Å². The van der Waals surface area contributed by atoms with Gasteiger partial charge in [-0.15, -0.1) is 0 Å². The number of nitrogens with one attached hydrogen (secondary N) is 1. The summed E-state index contributed by atoms with van der Waals surface area (Å²) < 4.78 is 73.4. The molecule has 0 aliphatic rings. The molecular weight excluding hydrogens is 592 g/mol. The van der Waals surface area contributed by atoms with E-state index in [4.69, 9.17) is 4.74 Å². The van der Waals surface area contributed by atoms with E-state index in [9.17, 15) is 21.6 Å². The van der Waals surface area contributed by atoms with Crippen molar-refractivity contribution in [3.8, 4) is 5.75 Å². The largest absolute Gasteiger partial charge is 0.488 e. The summed E-state index contributed by atoms with van der Waals surface area (Å²) in [5.41, 5.74) is 2.60. The highest BCUT2D eigenvalue weighted by molar-refractivity contribution is 14.1. The van der Waals surface area contributed by atoms with Crippen LogP contribution in [0.5, 0.6) is 5.75 Å². The van der Waals surface area contributed by atoms with Crippen molar-refractivity contribution >= 4 is 54.4 Å². The molecule has 1 heterocycles. The summed E-state index contributed by atoms with van der Waals surface area (Å²) in [6.45, 7) is 3.91. The zero-order valence-corrected chi connectivity index (χ0v) is 22.0. The molecule has 0 fully saturated rings. The molecule has 1 N–H and O–H groups in total. The number of para-hydroxylation sites is 2. The Hall–Kier alpha value is -2.44. The van der Waals surface area contributed by atoms with Crippen molar-refractivity contribution in [2.24, 2.45) is 0 Å². The molecule has 0 spiro atoms. The first-order valence-corrected chi connectivity index (χ1v) is 13.2. The van der Waals surface area contributed by atoms with Gasteiger partial charge in [-0.2, -0.15) is 17.9 Å². The van der Waals surface area contributed by atoms with E-state index < -0.39 is 26.4 Å². The monoisotopic (exact) mass is 614 g/mol. The summed E-state index contributed by atoms with van der Waals surface area (Å²) >= 11 is 1.07. The number of rotatable bonds is 6. The van der Waals surface area contributed by atoms with Crippen molar-refractivity contribution in [1.29, 1.82) is 0 Å². The fraction of sp³-hybridized carbons (Fsp3) is 0.240. The van der Waals surface area contributed by atoms with Crippen LogP contribution in [0.4, 0.5) is 13.2 Å². The van der Waals surface area contributed by atoms with Gasteiger partial charge in [0, 0.05) is 10.8 Å². The number of ether oxygens (including phenoxy) is 1. The molecule has 0 aliphatic carbocycles. The zero-order chi connectivity index (χ0) is 25.6.